The molecular formula is C29H31N5O3. The van der Waals surface area contributed by atoms with Crippen molar-refractivity contribution in [3.63, 3.8) is 0 Å². The Morgan fingerprint density at radius 2 is 2.00 bits per heavy atom. The number of anilines is 1. The number of piperidine rings is 1. The molecule has 3 heterocycles. The molecule has 1 aliphatic heterocycles. The van der Waals surface area contributed by atoms with Crippen LogP contribution in [0.3, 0.4) is 0 Å². The Balaban J connectivity index is 1.52. The number of methoxy groups -OCH3 is 1. The van der Waals surface area contributed by atoms with E-state index in [4.69, 9.17) is 9.72 Å². The maximum absolute atomic E-state index is 13.8. The number of likely N-dealkylation sites (tertiary alicyclic amines) is 1. The molecule has 1 saturated heterocycles. The van der Waals surface area contributed by atoms with Gasteiger partial charge in [0, 0.05) is 56.7 Å². The Hall–Kier alpha value is -4.04. The Bertz CT molecular complexity index is 1450. The monoisotopic (exact) mass is 497 g/mol. The Morgan fingerprint density at radius 3 is 2.76 bits per heavy atom. The van der Waals surface area contributed by atoms with Crippen molar-refractivity contribution in [3.05, 3.63) is 77.6 Å². The number of imidazole rings is 1. The quantitative estimate of drug-likeness (QED) is 0.422. The number of fused-ring (bicyclic) bond motifs is 1. The highest BCUT2D eigenvalue weighted by Crippen LogP contribution is 2.33. The summed E-state index contributed by atoms with van der Waals surface area (Å²) in [5.74, 6) is 0.647. The van der Waals surface area contributed by atoms with Crippen LogP contribution in [0.4, 0.5) is 5.69 Å². The first-order valence-electron chi connectivity index (χ1n) is 12.5. The molecule has 0 bridgehead atoms. The molecule has 4 aromatic rings. The molecule has 2 aromatic carbocycles. The number of hydrogen-bond acceptors (Lipinski definition) is 5. The van der Waals surface area contributed by atoms with Crippen molar-refractivity contribution in [2.24, 2.45) is 7.05 Å². The zero-order chi connectivity index (χ0) is 25.9. The lowest BCUT2D eigenvalue weighted by Gasteiger charge is -2.34. The van der Waals surface area contributed by atoms with Crippen LogP contribution in [0.2, 0.25) is 0 Å². The zero-order valence-electron chi connectivity index (χ0n) is 21.4. The molecule has 0 radical (unpaired) electrons. The summed E-state index contributed by atoms with van der Waals surface area (Å²) in [5.41, 5.74) is 5.79. The van der Waals surface area contributed by atoms with E-state index in [1.165, 1.54) is 18.2 Å². The van der Waals surface area contributed by atoms with E-state index >= 15 is 0 Å². The molecular weight excluding hydrogens is 466 g/mol. The van der Waals surface area contributed by atoms with Crippen LogP contribution in [-0.4, -0.2) is 58.1 Å². The van der Waals surface area contributed by atoms with Crippen molar-refractivity contribution in [1.29, 1.82) is 0 Å². The van der Waals surface area contributed by atoms with Gasteiger partial charge in [-0.25, -0.2) is 4.98 Å². The Labute approximate surface area is 216 Å². The van der Waals surface area contributed by atoms with Crippen molar-refractivity contribution < 1.29 is 14.3 Å². The van der Waals surface area contributed by atoms with Crippen molar-refractivity contribution in [2.75, 3.05) is 32.1 Å². The number of ether oxygens (including phenoxy) is 1. The van der Waals surface area contributed by atoms with Gasteiger partial charge in [-0.05, 0) is 55.2 Å². The van der Waals surface area contributed by atoms with Gasteiger partial charge in [-0.2, -0.15) is 0 Å². The largest absolute Gasteiger partial charge is 0.375 e. The highest BCUT2D eigenvalue weighted by atomic mass is 16.5. The fourth-order valence-electron chi connectivity index (χ4n) is 5.28. The molecule has 0 aliphatic carbocycles. The van der Waals surface area contributed by atoms with Crippen molar-refractivity contribution in [2.45, 2.75) is 25.7 Å². The van der Waals surface area contributed by atoms with Gasteiger partial charge in [0.2, 0.25) is 5.91 Å². The number of carbonyl (C=O) groups is 2. The fraction of sp³-hybridized carbons (Fsp3) is 0.310. The van der Waals surface area contributed by atoms with Gasteiger partial charge < -0.3 is 19.5 Å². The van der Waals surface area contributed by atoms with Gasteiger partial charge in [-0.15, -0.1) is 0 Å². The summed E-state index contributed by atoms with van der Waals surface area (Å²) in [5, 5.41) is 2.92. The lowest BCUT2D eigenvalue weighted by atomic mass is 9.88. The van der Waals surface area contributed by atoms with Crippen molar-refractivity contribution in [3.8, 4) is 11.4 Å². The van der Waals surface area contributed by atoms with Gasteiger partial charge >= 0.3 is 0 Å². The topological polar surface area (TPSA) is 89.3 Å². The molecule has 2 aromatic heterocycles. The van der Waals surface area contributed by atoms with Crippen molar-refractivity contribution in [1.82, 2.24) is 19.4 Å². The van der Waals surface area contributed by atoms with E-state index in [1.54, 1.807) is 18.5 Å². The lowest BCUT2D eigenvalue weighted by Crippen LogP contribution is -2.39. The summed E-state index contributed by atoms with van der Waals surface area (Å²) in [4.78, 5) is 37.2. The maximum Gasteiger partial charge on any atom is 0.254 e. The number of hydrogen-bond donors (Lipinski definition) is 1. The first kappa shape index (κ1) is 24.6. The van der Waals surface area contributed by atoms with E-state index in [9.17, 15) is 9.59 Å². The normalized spacial score (nSPS) is 15.6. The second-order valence-electron chi connectivity index (χ2n) is 9.56. The number of nitrogens with zero attached hydrogens (tertiary/aromatic N) is 4. The molecule has 190 valence electrons. The van der Waals surface area contributed by atoms with Crippen LogP contribution in [0, 0.1) is 6.92 Å². The smallest absolute Gasteiger partial charge is 0.254 e. The number of amides is 2. The van der Waals surface area contributed by atoms with Crippen molar-refractivity contribution >= 4 is 28.5 Å². The minimum atomic E-state index is -0.296. The number of nitrogens with one attached hydrogen (secondary N) is 1. The molecule has 8 heteroatoms. The number of rotatable bonds is 6. The van der Waals surface area contributed by atoms with E-state index in [0.717, 1.165) is 23.9 Å². The van der Waals surface area contributed by atoms with Crippen LogP contribution in [-0.2, 0) is 16.6 Å². The van der Waals surface area contributed by atoms with Crippen LogP contribution in [0.15, 0.2) is 60.9 Å². The van der Waals surface area contributed by atoms with Crippen LogP contribution < -0.4 is 5.32 Å². The Kier molecular flexibility index (Phi) is 7.01. The second-order valence-corrected chi connectivity index (χ2v) is 9.56. The third-order valence-corrected chi connectivity index (χ3v) is 7.02. The molecule has 1 fully saturated rings. The van der Waals surface area contributed by atoms with E-state index in [0.29, 0.717) is 41.6 Å². The first-order valence-corrected chi connectivity index (χ1v) is 12.5. The molecule has 0 unspecified atom stereocenters. The van der Waals surface area contributed by atoms with Crippen LogP contribution in [0.5, 0.6) is 0 Å². The number of carbonyl (C=O) groups excluding carboxylic acids is 2. The van der Waals surface area contributed by atoms with E-state index in [1.807, 2.05) is 40.8 Å². The second kappa shape index (κ2) is 10.5. The van der Waals surface area contributed by atoms with E-state index in [2.05, 4.69) is 35.4 Å². The molecule has 0 saturated carbocycles. The number of aromatic nitrogens is 3. The summed E-state index contributed by atoms with van der Waals surface area (Å²) in [6.45, 7) is 3.40. The van der Waals surface area contributed by atoms with Gasteiger partial charge in [0.25, 0.3) is 5.91 Å². The van der Waals surface area contributed by atoms with E-state index < -0.39 is 0 Å². The van der Waals surface area contributed by atoms with Crippen LogP contribution in [0.1, 0.15) is 40.2 Å². The number of benzene rings is 2. The van der Waals surface area contributed by atoms with E-state index in [-0.39, 0.29) is 18.4 Å². The highest BCUT2D eigenvalue weighted by molar-refractivity contribution is 6.06. The number of aryl methyl sites for hydroxylation is 2. The molecule has 0 spiro atoms. The molecule has 8 nitrogen and oxygen atoms in total. The van der Waals surface area contributed by atoms with Crippen LogP contribution >= 0.6 is 0 Å². The molecule has 1 atom stereocenters. The molecule has 1 aliphatic rings. The number of pyridine rings is 1. The third kappa shape index (κ3) is 4.97. The molecule has 1 N–H and O–H groups in total. The fourth-order valence-corrected chi connectivity index (χ4v) is 5.28. The summed E-state index contributed by atoms with van der Waals surface area (Å²) in [6.07, 6.45) is 5.46. The minimum Gasteiger partial charge on any atom is -0.375 e. The average Bonchev–Trinajstić information content (AvgIpc) is 3.25. The van der Waals surface area contributed by atoms with Crippen LogP contribution in [0.25, 0.3) is 22.4 Å². The van der Waals surface area contributed by atoms with Gasteiger partial charge in [0.05, 0.1) is 16.7 Å². The molecule has 2 amide bonds. The highest BCUT2D eigenvalue weighted by Gasteiger charge is 2.27. The molecule has 5 rings (SSSR count). The summed E-state index contributed by atoms with van der Waals surface area (Å²) >= 11 is 0. The standard InChI is InChI=1S/C29H31N5O3/c1-19-8-4-5-11-23(19)21-10-7-13-34(17-21)29(36)22-14-24(31-26(35)18-37-3)27-25(15-22)32-28(33(27)2)20-9-6-12-30-16-20/h4-6,8-9,11-12,14-16,21H,7,10,13,17-18H2,1-3H3,(H,31,35)/t21-/m1/s1. The molecule has 37 heavy (non-hydrogen) atoms. The van der Waals surface area contributed by atoms with Gasteiger partial charge in [-0.3, -0.25) is 14.6 Å². The SMILES string of the molecule is COCC(=O)Nc1cc(C(=O)N2CCC[C@@H](c3ccccc3C)C2)cc2nc(-c3cccnc3)n(C)c12. The minimum absolute atomic E-state index is 0.0593. The maximum atomic E-state index is 13.8. The predicted octanol–water partition coefficient (Wildman–Crippen LogP) is 4.55. The predicted molar refractivity (Wildman–Crippen MR) is 144 cm³/mol. The first-order chi connectivity index (χ1) is 18.0. The zero-order valence-corrected chi connectivity index (χ0v) is 21.4. The summed E-state index contributed by atoms with van der Waals surface area (Å²) in [6, 6.07) is 15.8. The summed E-state index contributed by atoms with van der Waals surface area (Å²) < 4.78 is 6.93. The van der Waals surface area contributed by atoms with Gasteiger partial charge in [-0.1, -0.05) is 24.3 Å². The average molecular weight is 498 g/mol. The lowest BCUT2D eigenvalue weighted by molar-refractivity contribution is -0.119. The third-order valence-electron chi connectivity index (χ3n) is 7.02. The Morgan fingerprint density at radius 1 is 1.16 bits per heavy atom. The van der Waals surface area contributed by atoms with Gasteiger partial charge in [0.15, 0.2) is 0 Å². The van der Waals surface area contributed by atoms with Gasteiger partial charge in [0.1, 0.15) is 12.4 Å². The summed E-state index contributed by atoms with van der Waals surface area (Å²) in [7, 11) is 3.36.